The van der Waals surface area contributed by atoms with Crippen molar-refractivity contribution >= 4 is 0 Å². The van der Waals surface area contributed by atoms with Crippen molar-refractivity contribution in [3.63, 3.8) is 0 Å². The molecule has 0 aromatic carbocycles. The van der Waals surface area contributed by atoms with Crippen LogP contribution in [0.5, 0.6) is 0 Å². The summed E-state index contributed by atoms with van der Waals surface area (Å²) in [6, 6.07) is 0. The molecule has 0 aliphatic carbocycles. The molecule has 0 bridgehead atoms. The lowest BCUT2D eigenvalue weighted by atomic mass is 10.0. The van der Waals surface area contributed by atoms with Crippen LogP contribution in [0, 0.1) is 5.92 Å². The van der Waals surface area contributed by atoms with E-state index in [0.717, 1.165) is 0 Å². The maximum absolute atomic E-state index is 13.8. The van der Waals surface area contributed by atoms with Crippen LogP contribution in [0.25, 0.3) is 0 Å². The molecule has 0 radical (unpaired) electrons. The van der Waals surface area contributed by atoms with Gasteiger partial charge in [-0.3, -0.25) is 0 Å². The van der Waals surface area contributed by atoms with Crippen molar-refractivity contribution < 1.29 is 18.6 Å². The van der Waals surface area contributed by atoms with Crippen LogP contribution in [0.4, 0.5) is 4.39 Å². The van der Waals surface area contributed by atoms with Crippen LogP contribution < -0.4 is 0 Å². The van der Waals surface area contributed by atoms with E-state index >= 15 is 0 Å². The second kappa shape index (κ2) is 3.15. The number of ether oxygens (including phenoxy) is 3. The van der Waals surface area contributed by atoms with E-state index in [2.05, 4.69) is 0 Å². The minimum atomic E-state index is -1.08. The van der Waals surface area contributed by atoms with E-state index in [1.54, 1.807) is 13.8 Å². The van der Waals surface area contributed by atoms with Crippen LogP contribution in [-0.4, -0.2) is 30.5 Å². The van der Waals surface area contributed by atoms with Gasteiger partial charge in [-0.1, -0.05) is 13.8 Å². The van der Waals surface area contributed by atoms with Crippen molar-refractivity contribution in [2.75, 3.05) is 0 Å². The molecule has 0 unspecified atom stereocenters. The highest BCUT2D eigenvalue weighted by Crippen LogP contribution is 2.40. The van der Waals surface area contributed by atoms with Gasteiger partial charge in [0.25, 0.3) is 0 Å². The summed E-state index contributed by atoms with van der Waals surface area (Å²) in [5.74, 6) is -0.576. The Bertz CT molecular complexity index is 227. The summed E-state index contributed by atoms with van der Waals surface area (Å²) in [6.07, 6.45) is -2.58. The first-order chi connectivity index (χ1) is 6.41. The molecule has 0 saturated carbocycles. The van der Waals surface area contributed by atoms with Gasteiger partial charge >= 0.3 is 0 Å². The number of halogens is 1. The summed E-state index contributed by atoms with van der Waals surface area (Å²) in [5, 5.41) is 0. The Morgan fingerprint density at radius 2 is 1.86 bits per heavy atom. The summed E-state index contributed by atoms with van der Waals surface area (Å²) < 4.78 is 30.2. The summed E-state index contributed by atoms with van der Waals surface area (Å²) in [7, 11) is 0. The molecular weight excluding hydrogens is 187 g/mol. The predicted molar refractivity (Wildman–Crippen MR) is 48.4 cm³/mol. The van der Waals surface area contributed by atoms with Crippen LogP contribution >= 0.6 is 0 Å². The molecule has 2 saturated heterocycles. The molecule has 2 aliphatic rings. The zero-order chi connectivity index (χ0) is 10.5. The molecule has 0 aromatic heterocycles. The molecule has 2 fully saturated rings. The Hall–Kier alpha value is -0.190. The van der Waals surface area contributed by atoms with Crippen molar-refractivity contribution in [3.8, 4) is 0 Å². The van der Waals surface area contributed by atoms with E-state index in [1.165, 1.54) is 0 Å². The lowest BCUT2D eigenvalue weighted by Gasteiger charge is -2.23. The topological polar surface area (TPSA) is 27.7 Å². The molecule has 2 heterocycles. The number of fused-ring (bicyclic) bond motifs is 1. The van der Waals surface area contributed by atoms with Gasteiger partial charge in [0.2, 0.25) is 0 Å². The van der Waals surface area contributed by atoms with Gasteiger partial charge in [0, 0.05) is 0 Å². The maximum atomic E-state index is 13.8. The van der Waals surface area contributed by atoms with Gasteiger partial charge in [0.05, 0.1) is 6.10 Å². The highest BCUT2D eigenvalue weighted by molar-refractivity contribution is 4.94. The average molecular weight is 204 g/mol. The second-order valence-corrected chi connectivity index (χ2v) is 4.76. The molecule has 3 nitrogen and oxygen atoms in total. The molecule has 0 spiro atoms. The summed E-state index contributed by atoms with van der Waals surface area (Å²) >= 11 is 0. The quantitative estimate of drug-likeness (QED) is 0.652. The predicted octanol–water partition coefficient (Wildman–Crippen LogP) is 1.86. The second-order valence-electron chi connectivity index (χ2n) is 4.76. The average Bonchev–Trinajstić information content (AvgIpc) is 2.46. The third kappa shape index (κ3) is 1.55. The zero-order valence-electron chi connectivity index (χ0n) is 8.99. The van der Waals surface area contributed by atoms with Gasteiger partial charge in [0.15, 0.2) is 18.2 Å². The minimum Gasteiger partial charge on any atom is -0.343 e. The SMILES string of the molecule is CC(C)[C@H]1O[C@@H]2OC(C)(C)O[C@@H]2[C@H]1F. The largest absolute Gasteiger partial charge is 0.343 e. The van der Waals surface area contributed by atoms with Crippen molar-refractivity contribution in [1.29, 1.82) is 0 Å². The van der Waals surface area contributed by atoms with Gasteiger partial charge in [-0.2, -0.15) is 0 Å². The van der Waals surface area contributed by atoms with Crippen LogP contribution in [0.2, 0.25) is 0 Å². The highest BCUT2D eigenvalue weighted by Gasteiger charge is 2.55. The fourth-order valence-corrected chi connectivity index (χ4v) is 2.02. The van der Waals surface area contributed by atoms with E-state index in [9.17, 15) is 4.39 Å². The fourth-order valence-electron chi connectivity index (χ4n) is 2.02. The third-order valence-corrected chi connectivity index (χ3v) is 2.66. The Kier molecular flexibility index (Phi) is 2.33. The summed E-state index contributed by atoms with van der Waals surface area (Å²) in [5.41, 5.74) is 0. The lowest BCUT2D eigenvalue weighted by Crippen LogP contribution is -2.33. The number of hydrogen-bond donors (Lipinski definition) is 0. The standard InChI is InChI=1S/C10H17FO3/c1-5(2)7-6(11)8-9(12-7)14-10(3,4)13-8/h5-9H,1-4H3/t6-,7+,8+,9+/m0/s1. The molecule has 0 amide bonds. The van der Waals surface area contributed by atoms with E-state index in [1.807, 2.05) is 13.8 Å². The van der Waals surface area contributed by atoms with Crippen molar-refractivity contribution in [3.05, 3.63) is 0 Å². The normalized spacial score (nSPS) is 45.9. The summed E-state index contributed by atoms with van der Waals surface area (Å²) in [4.78, 5) is 0. The van der Waals surface area contributed by atoms with Gasteiger partial charge in [-0.25, -0.2) is 4.39 Å². The Morgan fingerprint density at radius 3 is 2.36 bits per heavy atom. The zero-order valence-corrected chi connectivity index (χ0v) is 8.99. The smallest absolute Gasteiger partial charge is 0.190 e. The van der Waals surface area contributed by atoms with E-state index < -0.39 is 30.5 Å². The van der Waals surface area contributed by atoms with Crippen LogP contribution in [0.3, 0.4) is 0 Å². The van der Waals surface area contributed by atoms with Crippen LogP contribution in [0.15, 0.2) is 0 Å². The first kappa shape index (κ1) is 10.3. The molecular formula is C10H17FO3. The molecule has 14 heavy (non-hydrogen) atoms. The van der Waals surface area contributed by atoms with Crippen LogP contribution in [0.1, 0.15) is 27.7 Å². The van der Waals surface area contributed by atoms with E-state index in [4.69, 9.17) is 14.2 Å². The molecule has 2 rings (SSSR count). The first-order valence-corrected chi connectivity index (χ1v) is 5.06. The van der Waals surface area contributed by atoms with Crippen molar-refractivity contribution in [2.24, 2.45) is 5.92 Å². The Morgan fingerprint density at radius 1 is 1.21 bits per heavy atom. The highest BCUT2D eigenvalue weighted by atomic mass is 19.1. The van der Waals surface area contributed by atoms with Gasteiger partial charge < -0.3 is 14.2 Å². The third-order valence-electron chi connectivity index (χ3n) is 2.66. The van der Waals surface area contributed by atoms with Gasteiger partial charge in [-0.15, -0.1) is 0 Å². The first-order valence-electron chi connectivity index (χ1n) is 5.06. The molecule has 4 heteroatoms. The number of rotatable bonds is 1. The lowest BCUT2D eigenvalue weighted by molar-refractivity contribution is -0.215. The van der Waals surface area contributed by atoms with E-state index in [-0.39, 0.29) is 5.92 Å². The summed E-state index contributed by atoms with van der Waals surface area (Å²) in [6.45, 7) is 7.41. The van der Waals surface area contributed by atoms with E-state index in [0.29, 0.717) is 0 Å². The van der Waals surface area contributed by atoms with Crippen LogP contribution in [-0.2, 0) is 14.2 Å². The van der Waals surface area contributed by atoms with Gasteiger partial charge in [-0.05, 0) is 19.8 Å². The molecule has 2 aliphatic heterocycles. The van der Waals surface area contributed by atoms with Gasteiger partial charge in [0.1, 0.15) is 6.10 Å². The number of hydrogen-bond acceptors (Lipinski definition) is 3. The number of alkyl halides is 1. The monoisotopic (exact) mass is 204 g/mol. The fraction of sp³-hybridized carbons (Fsp3) is 1.00. The molecule has 82 valence electrons. The molecule has 4 atom stereocenters. The maximum Gasteiger partial charge on any atom is 0.190 e. The molecule has 0 N–H and O–H groups in total. The molecule has 0 aromatic rings. The minimum absolute atomic E-state index is 0.144. The Balaban J connectivity index is 2.08. The van der Waals surface area contributed by atoms with Crippen molar-refractivity contribution in [1.82, 2.24) is 0 Å². The Labute approximate surface area is 83.5 Å². The van der Waals surface area contributed by atoms with Crippen molar-refractivity contribution in [2.45, 2.75) is 58.2 Å².